The Hall–Kier alpha value is -1.52. The second kappa shape index (κ2) is 6.77. The van der Waals surface area contributed by atoms with E-state index in [1.807, 2.05) is 56.3 Å². The topological polar surface area (TPSA) is 44.5 Å². The van der Waals surface area contributed by atoms with Crippen molar-refractivity contribution >= 4 is 15.9 Å². The van der Waals surface area contributed by atoms with Gasteiger partial charge in [-0.2, -0.15) is 0 Å². The van der Waals surface area contributed by atoms with Gasteiger partial charge < -0.3 is 15.2 Å². The van der Waals surface area contributed by atoms with Gasteiger partial charge in [-0.05, 0) is 59.6 Å². The standard InChI is InChI=1S/C16H18BrNO2/c1-3-19-15-6-4-5-7-16(15)20-14-9-8-12(11(2)18)10-13(14)17/h4-11H,3,18H2,1-2H3/t11-/m0/s1. The predicted molar refractivity (Wildman–Crippen MR) is 84.4 cm³/mol. The van der Waals surface area contributed by atoms with Gasteiger partial charge >= 0.3 is 0 Å². The molecule has 0 aliphatic rings. The van der Waals surface area contributed by atoms with Crippen molar-refractivity contribution in [1.82, 2.24) is 0 Å². The maximum atomic E-state index is 5.91. The molecule has 3 nitrogen and oxygen atoms in total. The van der Waals surface area contributed by atoms with Gasteiger partial charge in [-0.3, -0.25) is 0 Å². The average molecular weight is 336 g/mol. The molecule has 106 valence electrons. The van der Waals surface area contributed by atoms with E-state index in [2.05, 4.69) is 15.9 Å². The second-order valence-corrected chi connectivity index (χ2v) is 5.31. The summed E-state index contributed by atoms with van der Waals surface area (Å²) in [6, 6.07) is 13.5. The van der Waals surface area contributed by atoms with Gasteiger partial charge in [0.25, 0.3) is 0 Å². The van der Waals surface area contributed by atoms with E-state index in [0.717, 1.165) is 21.5 Å². The second-order valence-electron chi connectivity index (χ2n) is 4.46. The molecule has 2 aromatic carbocycles. The maximum absolute atomic E-state index is 5.91. The van der Waals surface area contributed by atoms with Crippen LogP contribution >= 0.6 is 15.9 Å². The molecule has 0 heterocycles. The van der Waals surface area contributed by atoms with Gasteiger partial charge in [0.2, 0.25) is 0 Å². The van der Waals surface area contributed by atoms with Crippen molar-refractivity contribution in [1.29, 1.82) is 0 Å². The quantitative estimate of drug-likeness (QED) is 0.864. The monoisotopic (exact) mass is 335 g/mol. The van der Waals surface area contributed by atoms with Crippen LogP contribution in [0.1, 0.15) is 25.5 Å². The molecule has 0 amide bonds. The summed E-state index contributed by atoms with van der Waals surface area (Å²) >= 11 is 3.52. The summed E-state index contributed by atoms with van der Waals surface area (Å²) in [5.41, 5.74) is 6.92. The lowest BCUT2D eigenvalue weighted by molar-refractivity contribution is 0.321. The number of halogens is 1. The molecule has 0 saturated carbocycles. The Bertz CT molecular complexity index is 584. The Morgan fingerprint density at radius 3 is 2.40 bits per heavy atom. The molecule has 0 radical (unpaired) electrons. The molecule has 20 heavy (non-hydrogen) atoms. The van der Waals surface area contributed by atoms with Gasteiger partial charge in [0.1, 0.15) is 5.75 Å². The van der Waals surface area contributed by atoms with Crippen LogP contribution in [0, 0.1) is 0 Å². The molecule has 0 aliphatic carbocycles. The fourth-order valence-corrected chi connectivity index (χ4v) is 2.29. The highest BCUT2D eigenvalue weighted by Crippen LogP contribution is 2.36. The number of nitrogens with two attached hydrogens (primary N) is 1. The Morgan fingerprint density at radius 1 is 1.10 bits per heavy atom. The highest BCUT2D eigenvalue weighted by molar-refractivity contribution is 9.10. The molecule has 0 aromatic heterocycles. The normalized spacial score (nSPS) is 12.0. The average Bonchev–Trinajstić information content (AvgIpc) is 2.43. The van der Waals surface area contributed by atoms with Crippen molar-refractivity contribution in [2.75, 3.05) is 6.61 Å². The van der Waals surface area contributed by atoms with Crippen molar-refractivity contribution in [2.24, 2.45) is 5.73 Å². The minimum absolute atomic E-state index is 0.00365. The lowest BCUT2D eigenvalue weighted by Gasteiger charge is -2.14. The number of ether oxygens (including phenoxy) is 2. The van der Waals surface area contributed by atoms with Gasteiger partial charge in [0.15, 0.2) is 11.5 Å². The van der Waals surface area contributed by atoms with Crippen LogP contribution in [0.25, 0.3) is 0 Å². The van der Waals surface area contributed by atoms with E-state index >= 15 is 0 Å². The first-order valence-electron chi connectivity index (χ1n) is 6.56. The van der Waals surface area contributed by atoms with Crippen LogP contribution in [0.3, 0.4) is 0 Å². The van der Waals surface area contributed by atoms with E-state index < -0.39 is 0 Å². The predicted octanol–water partition coefficient (Wildman–Crippen LogP) is 4.66. The van der Waals surface area contributed by atoms with Crippen LogP contribution in [0.5, 0.6) is 17.2 Å². The van der Waals surface area contributed by atoms with Crippen LogP contribution in [-0.2, 0) is 0 Å². The zero-order valence-corrected chi connectivity index (χ0v) is 13.2. The lowest BCUT2D eigenvalue weighted by Crippen LogP contribution is -2.04. The Labute approximate surface area is 127 Å². The zero-order chi connectivity index (χ0) is 14.5. The summed E-state index contributed by atoms with van der Waals surface area (Å²) in [6.07, 6.45) is 0. The summed E-state index contributed by atoms with van der Waals surface area (Å²) in [7, 11) is 0. The molecule has 2 rings (SSSR count). The molecule has 0 aliphatic heterocycles. The van der Waals surface area contributed by atoms with Crippen molar-refractivity contribution in [3.05, 3.63) is 52.5 Å². The third-order valence-corrected chi connectivity index (χ3v) is 3.47. The first-order chi connectivity index (χ1) is 9.61. The molecular formula is C16H18BrNO2. The van der Waals surface area contributed by atoms with Gasteiger partial charge in [-0.25, -0.2) is 0 Å². The first kappa shape index (κ1) is 14.9. The highest BCUT2D eigenvalue weighted by atomic mass is 79.9. The van der Waals surface area contributed by atoms with Gasteiger partial charge in [-0.1, -0.05) is 18.2 Å². The highest BCUT2D eigenvalue weighted by Gasteiger charge is 2.09. The van der Waals surface area contributed by atoms with Gasteiger partial charge in [0.05, 0.1) is 11.1 Å². The molecule has 0 unspecified atom stereocenters. The molecule has 0 saturated heterocycles. The first-order valence-corrected chi connectivity index (χ1v) is 7.35. The maximum Gasteiger partial charge on any atom is 0.169 e. The fourth-order valence-electron chi connectivity index (χ4n) is 1.81. The molecule has 2 aromatic rings. The molecule has 4 heteroatoms. The van der Waals surface area contributed by atoms with Gasteiger partial charge in [0, 0.05) is 6.04 Å². The van der Waals surface area contributed by atoms with Crippen LogP contribution in [0.15, 0.2) is 46.9 Å². The number of benzene rings is 2. The molecule has 0 bridgehead atoms. The summed E-state index contributed by atoms with van der Waals surface area (Å²) in [5, 5.41) is 0. The van der Waals surface area contributed by atoms with Crippen LogP contribution in [0.4, 0.5) is 0 Å². The molecule has 0 fully saturated rings. The largest absolute Gasteiger partial charge is 0.490 e. The van der Waals surface area contributed by atoms with Crippen molar-refractivity contribution in [2.45, 2.75) is 19.9 Å². The van der Waals surface area contributed by atoms with Crippen molar-refractivity contribution < 1.29 is 9.47 Å². The molecule has 1 atom stereocenters. The van der Waals surface area contributed by atoms with Crippen molar-refractivity contribution in [3.63, 3.8) is 0 Å². The van der Waals surface area contributed by atoms with E-state index in [1.165, 1.54) is 0 Å². The third kappa shape index (κ3) is 3.52. The van der Waals surface area contributed by atoms with E-state index in [4.69, 9.17) is 15.2 Å². The van der Waals surface area contributed by atoms with E-state index in [-0.39, 0.29) is 6.04 Å². The summed E-state index contributed by atoms with van der Waals surface area (Å²) in [6.45, 7) is 4.50. The van der Waals surface area contributed by atoms with Crippen LogP contribution < -0.4 is 15.2 Å². The molecule has 0 spiro atoms. The summed E-state index contributed by atoms with van der Waals surface area (Å²) < 4.78 is 12.3. The number of hydrogen-bond donors (Lipinski definition) is 1. The molecular weight excluding hydrogens is 318 g/mol. The smallest absolute Gasteiger partial charge is 0.169 e. The fraction of sp³-hybridized carbons (Fsp3) is 0.250. The number of para-hydroxylation sites is 2. The minimum atomic E-state index is -0.00365. The summed E-state index contributed by atoms with van der Waals surface area (Å²) in [5.74, 6) is 2.17. The van der Waals surface area contributed by atoms with Gasteiger partial charge in [-0.15, -0.1) is 0 Å². The minimum Gasteiger partial charge on any atom is -0.490 e. The lowest BCUT2D eigenvalue weighted by atomic mass is 10.1. The SMILES string of the molecule is CCOc1ccccc1Oc1ccc([C@H](C)N)cc1Br. The summed E-state index contributed by atoms with van der Waals surface area (Å²) in [4.78, 5) is 0. The zero-order valence-electron chi connectivity index (χ0n) is 11.6. The van der Waals surface area contributed by atoms with E-state index in [9.17, 15) is 0 Å². The molecule has 2 N–H and O–H groups in total. The van der Waals surface area contributed by atoms with Crippen molar-refractivity contribution in [3.8, 4) is 17.2 Å². The Kier molecular flexibility index (Phi) is 5.04. The Morgan fingerprint density at radius 2 is 1.80 bits per heavy atom. The number of hydrogen-bond acceptors (Lipinski definition) is 3. The van der Waals surface area contributed by atoms with Crippen LogP contribution in [0.2, 0.25) is 0 Å². The third-order valence-electron chi connectivity index (χ3n) is 2.85. The van der Waals surface area contributed by atoms with E-state index in [0.29, 0.717) is 12.4 Å². The Balaban J connectivity index is 2.26. The van der Waals surface area contributed by atoms with E-state index in [1.54, 1.807) is 0 Å². The van der Waals surface area contributed by atoms with Crippen LogP contribution in [-0.4, -0.2) is 6.61 Å². The number of rotatable bonds is 5.